The monoisotopic (exact) mass is 416 g/mol. The molecule has 0 radical (unpaired) electrons. The van der Waals surface area contributed by atoms with Crippen LogP contribution in [0, 0.1) is 5.92 Å². The Balaban J connectivity index is 1.27. The lowest BCUT2D eigenvalue weighted by Gasteiger charge is -2.28. The number of nitrogens with one attached hydrogen (secondary N) is 1. The number of morpholine rings is 1. The number of nitrogens with zero attached hydrogens (tertiary/aromatic N) is 3. The lowest BCUT2D eigenvalue weighted by atomic mass is 10.1. The molecule has 1 atom stereocenters. The maximum absolute atomic E-state index is 12.8. The van der Waals surface area contributed by atoms with E-state index in [0.717, 1.165) is 35.2 Å². The van der Waals surface area contributed by atoms with Crippen molar-refractivity contribution in [2.75, 3.05) is 48.0 Å². The lowest BCUT2D eigenvalue weighted by Crippen LogP contribution is -2.36. The van der Waals surface area contributed by atoms with Gasteiger partial charge in [0, 0.05) is 31.4 Å². The summed E-state index contributed by atoms with van der Waals surface area (Å²) in [6, 6.07) is 17.6. The first-order valence-electron chi connectivity index (χ1n) is 10.6. The Bertz CT molecular complexity index is 1100. The van der Waals surface area contributed by atoms with E-state index < -0.39 is 5.92 Å². The summed E-state index contributed by atoms with van der Waals surface area (Å²) in [5.41, 5.74) is 1.87. The molecule has 5 rings (SSSR count). The molecule has 0 bridgehead atoms. The second-order valence-corrected chi connectivity index (χ2v) is 7.89. The molecule has 3 heterocycles. The zero-order valence-electron chi connectivity index (χ0n) is 17.2. The van der Waals surface area contributed by atoms with Gasteiger partial charge in [0.25, 0.3) is 0 Å². The highest BCUT2D eigenvalue weighted by molar-refractivity contribution is 6.08. The third-order valence-electron chi connectivity index (χ3n) is 5.93. The number of carbonyl (C=O) groups is 2. The van der Waals surface area contributed by atoms with Crippen LogP contribution in [0.4, 0.5) is 17.2 Å². The van der Waals surface area contributed by atoms with Crippen molar-refractivity contribution in [3.63, 3.8) is 0 Å². The Morgan fingerprint density at radius 3 is 2.65 bits per heavy atom. The van der Waals surface area contributed by atoms with Gasteiger partial charge < -0.3 is 19.9 Å². The van der Waals surface area contributed by atoms with E-state index in [1.807, 2.05) is 54.6 Å². The van der Waals surface area contributed by atoms with E-state index in [2.05, 4.69) is 15.2 Å². The standard InChI is InChI=1S/C24H24N4O3/c29-23-14-18(16-28(23)21-7-3-5-17-4-1-2-6-20(17)21)24(30)26-22-9-8-19(15-25-22)27-10-12-31-13-11-27/h1-9,15,18H,10-14,16H2,(H,25,26,30). The molecule has 2 amide bonds. The minimum absolute atomic E-state index is 0.0351. The molecule has 7 nitrogen and oxygen atoms in total. The second-order valence-electron chi connectivity index (χ2n) is 7.89. The Morgan fingerprint density at radius 2 is 1.84 bits per heavy atom. The number of benzene rings is 2. The van der Waals surface area contributed by atoms with Crippen LogP contribution in [0.5, 0.6) is 0 Å². The van der Waals surface area contributed by atoms with Gasteiger partial charge in [-0.05, 0) is 23.6 Å². The first kappa shape index (κ1) is 19.5. The maximum atomic E-state index is 12.8. The van der Waals surface area contributed by atoms with E-state index in [0.29, 0.717) is 25.6 Å². The van der Waals surface area contributed by atoms with Crippen molar-refractivity contribution in [2.45, 2.75) is 6.42 Å². The molecule has 0 aliphatic carbocycles. The number of hydrogen-bond acceptors (Lipinski definition) is 5. The van der Waals surface area contributed by atoms with E-state index in [9.17, 15) is 9.59 Å². The third kappa shape index (κ3) is 3.96. The van der Waals surface area contributed by atoms with Crippen LogP contribution in [0.3, 0.4) is 0 Å². The topological polar surface area (TPSA) is 74.8 Å². The molecule has 2 saturated heterocycles. The quantitative estimate of drug-likeness (QED) is 0.708. The van der Waals surface area contributed by atoms with Gasteiger partial charge in [0.05, 0.1) is 36.7 Å². The molecule has 7 heteroatoms. The fourth-order valence-corrected chi connectivity index (χ4v) is 4.26. The average Bonchev–Trinajstić information content (AvgIpc) is 3.21. The summed E-state index contributed by atoms with van der Waals surface area (Å²) in [7, 11) is 0. The third-order valence-corrected chi connectivity index (χ3v) is 5.93. The predicted molar refractivity (Wildman–Crippen MR) is 120 cm³/mol. The van der Waals surface area contributed by atoms with E-state index in [-0.39, 0.29) is 18.2 Å². The zero-order valence-corrected chi connectivity index (χ0v) is 17.2. The number of fused-ring (bicyclic) bond motifs is 1. The number of ether oxygens (including phenoxy) is 1. The molecular formula is C24H24N4O3. The van der Waals surface area contributed by atoms with Crippen molar-refractivity contribution in [1.29, 1.82) is 0 Å². The molecule has 0 saturated carbocycles. The molecule has 2 aromatic carbocycles. The van der Waals surface area contributed by atoms with Crippen LogP contribution >= 0.6 is 0 Å². The van der Waals surface area contributed by atoms with Crippen molar-refractivity contribution in [1.82, 2.24) is 4.98 Å². The van der Waals surface area contributed by atoms with Crippen molar-refractivity contribution < 1.29 is 14.3 Å². The summed E-state index contributed by atoms with van der Waals surface area (Å²) >= 11 is 0. The number of carbonyl (C=O) groups excluding carboxylic acids is 2. The highest BCUT2D eigenvalue weighted by Crippen LogP contribution is 2.32. The van der Waals surface area contributed by atoms with E-state index in [1.165, 1.54) is 0 Å². The molecular weight excluding hydrogens is 392 g/mol. The summed E-state index contributed by atoms with van der Waals surface area (Å²) in [6.45, 7) is 3.45. The van der Waals surface area contributed by atoms with Gasteiger partial charge in [0.1, 0.15) is 5.82 Å². The van der Waals surface area contributed by atoms with Crippen LogP contribution < -0.4 is 15.1 Å². The molecule has 1 N–H and O–H groups in total. The first-order valence-corrected chi connectivity index (χ1v) is 10.6. The van der Waals surface area contributed by atoms with E-state index in [4.69, 9.17) is 4.74 Å². The van der Waals surface area contributed by atoms with Gasteiger partial charge in [-0.2, -0.15) is 0 Å². The Morgan fingerprint density at radius 1 is 1.03 bits per heavy atom. The smallest absolute Gasteiger partial charge is 0.230 e. The lowest BCUT2D eigenvalue weighted by molar-refractivity contribution is -0.122. The van der Waals surface area contributed by atoms with Gasteiger partial charge in [-0.25, -0.2) is 4.98 Å². The summed E-state index contributed by atoms with van der Waals surface area (Å²) in [4.78, 5) is 33.9. The van der Waals surface area contributed by atoms with Crippen LogP contribution in [0.2, 0.25) is 0 Å². The van der Waals surface area contributed by atoms with Gasteiger partial charge in [0.15, 0.2) is 0 Å². The van der Waals surface area contributed by atoms with Crippen molar-refractivity contribution in [3.05, 3.63) is 60.8 Å². The highest BCUT2D eigenvalue weighted by Gasteiger charge is 2.35. The van der Waals surface area contributed by atoms with E-state index >= 15 is 0 Å². The number of aromatic nitrogens is 1. The maximum Gasteiger partial charge on any atom is 0.230 e. The van der Waals surface area contributed by atoms with Crippen LogP contribution in [0.15, 0.2) is 60.8 Å². The molecule has 0 spiro atoms. The number of rotatable bonds is 4. The van der Waals surface area contributed by atoms with Crippen LogP contribution in [-0.4, -0.2) is 49.6 Å². The van der Waals surface area contributed by atoms with Crippen LogP contribution in [0.1, 0.15) is 6.42 Å². The zero-order chi connectivity index (χ0) is 21.2. The van der Waals surface area contributed by atoms with Crippen LogP contribution in [0.25, 0.3) is 10.8 Å². The largest absolute Gasteiger partial charge is 0.378 e. The first-order chi connectivity index (χ1) is 15.2. The summed E-state index contributed by atoms with van der Waals surface area (Å²) in [5, 5.41) is 4.96. The summed E-state index contributed by atoms with van der Waals surface area (Å²) in [6.07, 6.45) is 1.96. The number of anilines is 3. The number of pyridine rings is 1. The van der Waals surface area contributed by atoms with Gasteiger partial charge >= 0.3 is 0 Å². The second kappa shape index (κ2) is 8.35. The molecule has 31 heavy (non-hydrogen) atoms. The number of amides is 2. The normalized spacial score (nSPS) is 19.1. The fraction of sp³-hybridized carbons (Fsp3) is 0.292. The van der Waals surface area contributed by atoms with Crippen LogP contribution in [-0.2, 0) is 14.3 Å². The minimum atomic E-state index is -0.410. The Hall–Kier alpha value is -3.45. The molecule has 1 unspecified atom stereocenters. The van der Waals surface area contributed by atoms with Gasteiger partial charge in [-0.1, -0.05) is 36.4 Å². The van der Waals surface area contributed by atoms with Gasteiger partial charge in [0.2, 0.25) is 11.8 Å². The molecule has 2 aliphatic rings. The molecule has 2 fully saturated rings. The summed E-state index contributed by atoms with van der Waals surface area (Å²) < 4.78 is 5.38. The molecule has 158 valence electrons. The number of hydrogen-bond donors (Lipinski definition) is 1. The minimum Gasteiger partial charge on any atom is -0.378 e. The molecule has 1 aromatic heterocycles. The van der Waals surface area contributed by atoms with Gasteiger partial charge in [-0.3, -0.25) is 9.59 Å². The van der Waals surface area contributed by atoms with Gasteiger partial charge in [-0.15, -0.1) is 0 Å². The fourth-order valence-electron chi connectivity index (χ4n) is 4.26. The van der Waals surface area contributed by atoms with E-state index in [1.54, 1.807) is 11.1 Å². The SMILES string of the molecule is O=C(Nc1ccc(N2CCOCC2)cn1)C1CC(=O)N(c2cccc3ccccc23)C1. The predicted octanol–water partition coefficient (Wildman–Crippen LogP) is 3.06. The Labute approximate surface area is 180 Å². The highest BCUT2D eigenvalue weighted by atomic mass is 16.5. The van der Waals surface area contributed by atoms with Crippen molar-refractivity contribution in [3.8, 4) is 0 Å². The van der Waals surface area contributed by atoms with Crippen molar-refractivity contribution in [2.24, 2.45) is 5.92 Å². The average molecular weight is 416 g/mol. The Kier molecular flexibility index (Phi) is 5.26. The molecule has 3 aromatic rings. The molecule has 2 aliphatic heterocycles. The van der Waals surface area contributed by atoms with Crippen molar-refractivity contribution >= 4 is 39.8 Å². The summed E-state index contributed by atoms with van der Waals surface area (Å²) in [5.74, 6) is -0.125.